The molecule has 0 aliphatic heterocycles. The van der Waals surface area contributed by atoms with Gasteiger partial charge in [-0.2, -0.15) is 10.1 Å². The van der Waals surface area contributed by atoms with Gasteiger partial charge in [-0.1, -0.05) is 17.3 Å². The summed E-state index contributed by atoms with van der Waals surface area (Å²) in [5.41, 5.74) is 0.713. The highest BCUT2D eigenvalue weighted by molar-refractivity contribution is 7.89. The summed E-state index contributed by atoms with van der Waals surface area (Å²) in [5.74, 6) is -1.17. The second-order valence-corrected chi connectivity index (χ2v) is 7.03. The Morgan fingerprint density at radius 2 is 2.00 bits per heavy atom. The number of benzene rings is 1. The number of aromatic nitrogens is 4. The molecule has 2 aromatic heterocycles. The van der Waals surface area contributed by atoms with E-state index in [4.69, 9.17) is 4.52 Å². The molecule has 1 aromatic carbocycles. The predicted molar refractivity (Wildman–Crippen MR) is 79.2 cm³/mol. The van der Waals surface area contributed by atoms with Gasteiger partial charge in [0, 0.05) is 13.2 Å². The van der Waals surface area contributed by atoms with Crippen LogP contribution in [0.3, 0.4) is 0 Å². The Hall–Kier alpha value is -2.55. The fourth-order valence-corrected chi connectivity index (χ4v) is 3.40. The molecule has 3 rings (SSSR count). The van der Waals surface area contributed by atoms with Gasteiger partial charge >= 0.3 is 0 Å². The average Bonchev–Trinajstić information content (AvgIpc) is 3.09. The van der Waals surface area contributed by atoms with Crippen LogP contribution in [0.5, 0.6) is 0 Å². The van der Waals surface area contributed by atoms with Gasteiger partial charge in [-0.25, -0.2) is 12.8 Å². The number of rotatable bonds is 5. The molecule has 23 heavy (non-hydrogen) atoms. The van der Waals surface area contributed by atoms with Crippen molar-refractivity contribution in [2.45, 2.75) is 11.5 Å². The standard InChI is InChI=1S/C14H13FN4O3S/c1-19-10(6-7-16-19)8-23(20,21)9-13-17-14(18-22-13)11-4-2-3-5-12(11)15/h2-7H,8-9H2,1H3. The van der Waals surface area contributed by atoms with E-state index in [1.165, 1.54) is 29.1 Å². The summed E-state index contributed by atoms with van der Waals surface area (Å²) in [7, 11) is -1.85. The average molecular weight is 336 g/mol. The van der Waals surface area contributed by atoms with E-state index in [9.17, 15) is 12.8 Å². The molecule has 2 heterocycles. The Bertz CT molecular complexity index is 933. The van der Waals surface area contributed by atoms with Gasteiger partial charge in [0.15, 0.2) is 9.84 Å². The van der Waals surface area contributed by atoms with Crippen molar-refractivity contribution in [3.63, 3.8) is 0 Å². The van der Waals surface area contributed by atoms with E-state index in [1.807, 2.05) is 0 Å². The number of nitrogens with zero attached hydrogens (tertiary/aromatic N) is 4. The molecule has 9 heteroatoms. The van der Waals surface area contributed by atoms with E-state index in [2.05, 4.69) is 15.2 Å². The van der Waals surface area contributed by atoms with Gasteiger partial charge < -0.3 is 4.52 Å². The minimum atomic E-state index is -3.51. The quantitative estimate of drug-likeness (QED) is 0.704. The van der Waals surface area contributed by atoms with E-state index in [-0.39, 0.29) is 23.0 Å². The Morgan fingerprint density at radius 1 is 1.22 bits per heavy atom. The maximum atomic E-state index is 13.7. The summed E-state index contributed by atoms with van der Waals surface area (Å²) in [6.45, 7) is 0. The highest BCUT2D eigenvalue weighted by Gasteiger charge is 2.20. The lowest BCUT2D eigenvalue weighted by atomic mass is 10.2. The minimum Gasteiger partial charge on any atom is -0.338 e. The summed E-state index contributed by atoms with van der Waals surface area (Å²) >= 11 is 0. The number of sulfone groups is 1. The Kier molecular flexibility index (Phi) is 3.95. The molecule has 7 nitrogen and oxygen atoms in total. The van der Waals surface area contributed by atoms with Crippen LogP contribution in [-0.2, 0) is 28.4 Å². The van der Waals surface area contributed by atoms with Gasteiger partial charge in [-0.05, 0) is 18.2 Å². The smallest absolute Gasteiger partial charge is 0.242 e. The van der Waals surface area contributed by atoms with Gasteiger partial charge in [0.25, 0.3) is 0 Å². The molecule has 0 saturated heterocycles. The van der Waals surface area contributed by atoms with Crippen LogP contribution < -0.4 is 0 Å². The molecule has 0 aliphatic carbocycles. The van der Waals surface area contributed by atoms with E-state index < -0.39 is 21.4 Å². The van der Waals surface area contributed by atoms with E-state index in [0.717, 1.165) is 0 Å². The van der Waals surface area contributed by atoms with Gasteiger partial charge in [0.2, 0.25) is 11.7 Å². The SMILES string of the molecule is Cn1nccc1CS(=O)(=O)Cc1nc(-c2ccccc2F)no1. The van der Waals surface area contributed by atoms with Crippen molar-refractivity contribution in [2.75, 3.05) is 0 Å². The molecular weight excluding hydrogens is 323 g/mol. The minimum absolute atomic E-state index is 0.0221. The van der Waals surface area contributed by atoms with Crippen LogP contribution >= 0.6 is 0 Å². The Labute approximate surface area is 131 Å². The van der Waals surface area contributed by atoms with Crippen LogP contribution in [0.1, 0.15) is 11.6 Å². The molecule has 0 unspecified atom stereocenters. The molecule has 3 aromatic rings. The zero-order valence-electron chi connectivity index (χ0n) is 12.2. The van der Waals surface area contributed by atoms with Crippen molar-refractivity contribution in [1.82, 2.24) is 19.9 Å². The molecule has 0 saturated carbocycles. The largest absolute Gasteiger partial charge is 0.338 e. The molecule has 0 N–H and O–H groups in total. The summed E-state index contributed by atoms with van der Waals surface area (Å²) in [4.78, 5) is 3.96. The van der Waals surface area contributed by atoms with Crippen LogP contribution in [0, 0.1) is 5.82 Å². The molecular formula is C14H13FN4O3S. The molecule has 0 spiro atoms. The van der Waals surface area contributed by atoms with Crippen LogP contribution in [0.15, 0.2) is 41.1 Å². The third kappa shape index (κ3) is 3.45. The van der Waals surface area contributed by atoms with Gasteiger partial charge in [0.05, 0.1) is 17.0 Å². The lowest BCUT2D eigenvalue weighted by Crippen LogP contribution is -2.11. The first kappa shape index (κ1) is 15.3. The zero-order chi connectivity index (χ0) is 16.4. The lowest BCUT2D eigenvalue weighted by Gasteiger charge is -2.02. The summed E-state index contributed by atoms with van der Waals surface area (Å²) in [6.07, 6.45) is 1.52. The molecule has 0 atom stereocenters. The predicted octanol–water partition coefficient (Wildman–Crippen LogP) is 1.72. The van der Waals surface area contributed by atoms with Crippen LogP contribution in [-0.4, -0.2) is 28.3 Å². The summed E-state index contributed by atoms with van der Waals surface area (Å²) < 4.78 is 44.5. The second-order valence-electron chi connectivity index (χ2n) is 4.97. The van der Waals surface area contributed by atoms with E-state index >= 15 is 0 Å². The molecule has 0 amide bonds. The van der Waals surface area contributed by atoms with Crippen molar-refractivity contribution >= 4 is 9.84 Å². The number of hydrogen-bond acceptors (Lipinski definition) is 6. The maximum absolute atomic E-state index is 13.7. The molecule has 120 valence electrons. The fourth-order valence-electron chi connectivity index (χ4n) is 2.07. The topological polar surface area (TPSA) is 90.9 Å². The van der Waals surface area contributed by atoms with Gasteiger partial charge in [-0.15, -0.1) is 0 Å². The lowest BCUT2D eigenvalue weighted by molar-refractivity contribution is 0.389. The first-order valence-corrected chi connectivity index (χ1v) is 8.51. The first-order chi connectivity index (χ1) is 10.9. The number of hydrogen-bond donors (Lipinski definition) is 0. The summed E-state index contributed by atoms with van der Waals surface area (Å²) in [6, 6.07) is 7.56. The van der Waals surface area contributed by atoms with Crippen molar-refractivity contribution in [1.29, 1.82) is 0 Å². The molecule has 0 aliphatic rings. The van der Waals surface area contributed by atoms with Gasteiger partial charge in [0.1, 0.15) is 11.6 Å². The molecule has 0 bridgehead atoms. The number of halogens is 1. The highest BCUT2D eigenvalue weighted by Crippen LogP contribution is 2.20. The second kappa shape index (κ2) is 5.92. The van der Waals surface area contributed by atoms with Crippen molar-refractivity contribution in [2.24, 2.45) is 7.05 Å². The Morgan fingerprint density at radius 3 is 2.70 bits per heavy atom. The molecule has 0 fully saturated rings. The maximum Gasteiger partial charge on any atom is 0.242 e. The third-order valence-electron chi connectivity index (χ3n) is 3.22. The van der Waals surface area contributed by atoms with Crippen molar-refractivity contribution < 1.29 is 17.3 Å². The van der Waals surface area contributed by atoms with Crippen LogP contribution in [0.4, 0.5) is 4.39 Å². The van der Waals surface area contributed by atoms with Crippen LogP contribution in [0.2, 0.25) is 0 Å². The fraction of sp³-hybridized carbons (Fsp3) is 0.214. The summed E-state index contributed by atoms with van der Waals surface area (Å²) in [5, 5.41) is 7.56. The highest BCUT2D eigenvalue weighted by atomic mass is 32.2. The van der Waals surface area contributed by atoms with E-state index in [1.54, 1.807) is 19.2 Å². The normalized spacial score (nSPS) is 11.7. The van der Waals surface area contributed by atoms with Crippen molar-refractivity contribution in [3.8, 4) is 11.4 Å². The number of aryl methyl sites for hydroxylation is 1. The van der Waals surface area contributed by atoms with Gasteiger partial charge in [-0.3, -0.25) is 4.68 Å². The van der Waals surface area contributed by atoms with E-state index in [0.29, 0.717) is 5.69 Å². The van der Waals surface area contributed by atoms with Crippen molar-refractivity contribution in [3.05, 3.63) is 53.9 Å². The molecule has 0 radical (unpaired) electrons. The first-order valence-electron chi connectivity index (χ1n) is 6.69. The monoisotopic (exact) mass is 336 g/mol. The third-order valence-corrected chi connectivity index (χ3v) is 4.64. The zero-order valence-corrected chi connectivity index (χ0v) is 13.0. The Balaban J connectivity index is 1.79. The van der Waals surface area contributed by atoms with Crippen LogP contribution in [0.25, 0.3) is 11.4 Å².